The van der Waals surface area contributed by atoms with Gasteiger partial charge in [-0.25, -0.2) is 0 Å². The van der Waals surface area contributed by atoms with Crippen molar-refractivity contribution in [1.82, 2.24) is 15.0 Å². The van der Waals surface area contributed by atoms with Crippen molar-refractivity contribution in [2.75, 3.05) is 13.1 Å². The van der Waals surface area contributed by atoms with E-state index in [-0.39, 0.29) is 0 Å². The average molecular weight is 249 g/mol. The lowest BCUT2D eigenvalue weighted by atomic mass is 9.95. The molecule has 2 fully saturated rings. The molecule has 0 bridgehead atoms. The van der Waals surface area contributed by atoms with Crippen LogP contribution in [0.15, 0.2) is 10.9 Å². The number of piperidine rings is 1. The number of likely N-dealkylation sites (tertiary alicyclic amines) is 1. The second-order valence-electron chi connectivity index (χ2n) is 5.37. The molecular weight excluding hydrogens is 230 g/mol. The largest absolute Gasteiger partial charge is 0.343 e. The molecule has 2 heterocycles. The highest BCUT2D eigenvalue weighted by molar-refractivity contribution is 5.79. The second kappa shape index (κ2) is 5.08. The molecule has 5 heteroatoms. The van der Waals surface area contributed by atoms with E-state index in [0.717, 1.165) is 44.6 Å². The maximum absolute atomic E-state index is 12.3. The smallest absolute Gasteiger partial charge is 0.225 e. The molecule has 1 amide bonds. The van der Waals surface area contributed by atoms with Crippen molar-refractivity contribution in [3.63, 3.8) is 0 Å². The van der Waals surface area contributed by atoms with Gasteiger partial charge >= 0.3 is 0 Å². The predicted octanol–water partition coefficient (Wildman–Crippen LogP) is 1.97. The van der Waals surface area contributed by atoms with Gasteiger partial charge in [-0.2, -0.15) is 4.98 Å². The Morgan fingerprint density at radius 3 is 2.56 bits per heavy atom. The molecule has 0 N–H and O–H groups in total. The van der Waals surface area contributed by atoms with E-state index in [9.17, 15) is 4.79 Å². The molecule has 0 aromatic carbocycles. The first-order valence-corrected chi connectivity index (χ1v) is 6.89. The fourth-order valence-electron chi connectivity index (χ4n) is 3.15. The highest BCUT2D eigenvalue weighted by Crippen LogP contribution is 2.30. The van der Waals surface area contributed by atoms with Gasteiger partial charge in [0.1, 0.15) is 0 Å². The maximum atomic E-state index is 12.3. The van der Waals surface area contributed by atoms with Crippen molar-refractivity contribution in [3.05, 3.63) is 12.2 Å². The number of rotatable bonds is 2. The number of carbonyl (C=O) groups is 1. The molecule has 1 aliphatic carbocycles. The van der Waals surface area contributed by atoms with Crippen LogP contribution in [-0.4, -0.2) is 34.0 Å². The van der Waals surface area contributed by atoms with E-state index in [1.807, 2.05) is 4.90 Å². The fraction of sp³-hybridized carbons (Fsp3) is 0.769. The number of nitrogens with zero attached hydrogens (tertiary/aromatic N) is 3. The van der Waals surface area contributed by atoms with Crippen LogP contribution < -0.4 is 0 Å². The minimum Gasteiger partial charge on any atom is -0.343 e. The van der Waals surface area contributed by atoms with Crippen LogP contribution in [-0.2, 0) is 4.79 Å². The topological polar surface area (TPSA) is 59.2 Å². The quantitative estimate of drug-likeness (QED) is 0.804. The lowest BCUT2D eigenvalue weighted by Gasteiger charge is -2.32. The highest BCUT2D eigenvalue weighted by atomic mass is 16.5. The number of aromatic nitrogens is 2. The standard InChI is InChI=1S/C13H19N3O2/c17-13(11-3-1-2-4-11)16-7-5-10(6-8-16)12-14-9-18-15-12/h9-11H,1-8H2. The first-order chi connectivity index (χ1) is 8.84. The summed E-state index contributed by atoms with van der Waals surface area (Å²) in [5.41, 5.74) is 0. The van der Waals surface area contributed by atoms with Gasteiger partial charge in [-0.15, -0.1) is 0 Å². The third-order valence-corrected chi connectivity index (χ3v) is 4.25. The molecular formula is C13H19N3O2. The summed E-state index contributed by atoms with van der Waals surface area (Å²) >= 11 is 0. The van der Waals surface area contributed by atoms with E-state index >= 15 is 0 Å². The number of hydrogen-bond acceptors (Lipinski definition) is 4. The van der Waals surface area contributed by atoms with Crippen LogP contribution in [0.2, 0.25) is 0 Å². The maximum Gasteiger partial charge on any atom is 0.225 e. The van der Waals surface area contributed by atoms with Crippen molar-refractivity contribution in [1.29, 1.82) is 0 Å². The summed E-state index contributed by atoms with van der Waals surface area (Å²) in [7, 11) is 0. The van der Waals surface area contributed by atoms with Crippen LogP contribution >= 0.6 is 0 Å². The second-order valence-corrected chi connectivity index (χ2v) is 5.37. The van der Waals surface area contributed by atoms with Crippen molar-refractivity contribution < 1.29 is 9.32 Å². The Kier molecular flexibility index (Phi) is 3.30. The Labute approximate surface area is 107 Å². The molecule has 0 atom stereocenters. The van der Waals surface area contributed by atoms with E-state index < -0.39 is 0 Å². The zero-order valence-electron chi connectivity index (χ0n) is 10.5. The summed E-state index contributed by atoms with van der Waals surface area (Å²) in [5.74, 6) is 1.82. The molecule has 1 aliphatic heterocycles. The zero-order chi connectivity index (χ0) is 12.4. The van der Waals surface area contributed by atoms with E-state index in [4.69, 9.17) is 4.52 Å². The molecule has 1 saturated carbocycles. The minimum atomic E-state index is 0.298. The Morgan fingerprint density at radius 1 is 1.22 bits per heavy atom. The van der Waals surface area contributed by atoms with Crippen molar-refractivity contribution in [2.45, 2.75) is 44.4 Å². The van der Waals surface area contributed by atoms with Gasteiger partial charge < -0.3 is 9.42 Å². The van der Waals surface area contributed by atoms with Gasteiger partial charge in [0, 0.05) is 24.9 Å². The Bertz CT molecular complexity index is 390. The molecule has 18 heavy (non-hydrogen) atoms. The van der Waals surface area contributed by atoms with Gasteiger partial charge in [-0.1, -0.05) is 18.0 Å². The lowest BCUT2D eigenvalue weighted by Crippen LogP contribution is -2.40. The summed E-state index contributed by atoms with van der Waals surface area (Å²) in [6.45, 7) is 1.68. The summed E-state index contributed by atoms with van der Waals surface area (Å²) in [6, 6.07) is 0. The van der Waals surface area contributed by atoms with E-state index in [1.165, 1.54) is 19.2 Å². The molecule has 0 radical (unpaired) electrons. The Morgan fingerprint density at radius 2 is 1.94 bits per heavy atom. The number of hydrogen-bond donors (Lipinski definition) is 0. The molecule has 2 aliphatic rings. The van der Waals surface area contributed by atoms with Crippen LogP contribution in [0.1, 0.15) is 50.3 Å². The minimum absolute atomic E-state index is 0.298. The lowest BCUT2D eigenvalue weighted by molar-refractivity contribution is -0.136. The van der Waals surface area contributed by atoms with Crippen LogP contribution in [0.4, 0.5) is 0 Å². The van der Waals surface area contributed by atoms with Crippen molar-refractivity contribution in [2.24, 2.45) is 5.92 Å². The average Bonchev–Trinajstić information content (AvgIpc) is 3.11. The van der Waals surface area contributed by atoms with E-state index in [2.05, 4.69) is 10.1 Å². The normalized spacial score (nSPS) is 22.6. The monoisotopic (exact) mass is 249 g/mol. The third kappa shape index (κ3) is 2.26. The third-order valence-electron chi connectivity index (χ3n) is 4.25. The van der Waals surface area contributed by atoms with Gasteiger partial charge in [0.2, 0.25) is 12.3 Å². The Hall–Kier alpha value is -1.39. The number of carbonyl (C=O) groups excluding carboxylic acids is 1. The first kappa shape index (κ1) is 11.7. The van der Waals surface area contributed by atoms with Gasteiger partial charge in [0.25, 0.3) is 0 Å². The van der Waals surface area contributed by atoms with Crippen LogP contribution in [0.3, 0.4) is 0 Å². The summed E-state index contributed by atoms with van der Waals surface area (Å²) < 4.78 is 4.78. The van der Waals surface area contributed by atoms with Gasteiger partial charge in [-0.3, -0.25) is 4.79 Å². The van der Waals surface area contributed by atoms with Crippen LogP contribution in [0.25, 0.3) is 0 Å². The molecule has 5 nitrogen and oxygen atoms in total. The molecule has 98 valence electrons. The van der Waals surface area contributed by atoms with Crippen molar-refractivity contribution in [3.8, 4) is 0 Å². The zero-order valence-corrected chi connectivity index (χ0v) is 10.5. The molecule has 3 rings (SSSR count). The van der Waals surface area contributed by atoms with E-state index in [1.54, 1.807) is 0 Å². The molecule has 0 spiro atoms. The van der Waals surface area contributed by atoms with Crippen LogP contribution in [0.5, 0.6) is 0 Å². The van der Waals surface area contributed by atoms with E-state index in [0.29, 0.717) is 17.7 Å². The molecule has 1 saturated heterocycles. The first-order valence-electron chi connectivity index (χ1n) is 6.89. The summed E-state index contributed by atoms with van der Waals surface area (Å²) in [6.07, 6.45) is 7.90. The fourth-order valence-corrected chi connectivity index (χ4v) is 3.15. The van der Waals surface area contributed by atoms with Crippen LogP contribution in [0, 0.1) is 5.92 Å². The molecule has 1 aromatic rings. The van der Waals surface area contributed by atoms with Gasteiger partial charge in [-0.05, 0) is 25.7 Å². The van der Waals surface area contributed by atoms with Gasteiger partial charge in [0.05, 0.1) is 0 Å². The van der Waals surface area contributed by atoms with Crippen molar-refractivity contribution >= 4 is 5.91 Å². The van der Waals surface area contributed by atoms with Gasteiger partial charge in [0.15, 0.2) is 5.82 Å². The number of amides is 1. The Balaban J connectivity index is 1.55. The molecule has 0 unspecified atom stereocenters. The molecule has 1 aromatic heterocycles. The summed E-state index contributed by atoms with van der Waals surface area (Å²) in [5, 5.41) is 3.90. The highest BCUT2D eigenvalue weighted by Gasteiger charge is 2.31. The summed E-state index contributed by atoms with van der Waals surface area (Å²) in [4.78, 5) is 18.4. The SMILES string of the molecule is O=C(C1CCCC1)N1CCC(c2ncon2)CC1. The predicted molar refractivity (Wildman–Crippen MR) is 64.8 cm³/mol.